The van der Waals surface area contributed by atoms with Gasteiger partial charge in [0.2, 0.25) is 5.91 Å². The quantitative estimate of drug-likeness (QED) is 0.426. The van der Waals surface area contributed by atoms with Gasteiger partial charge in [0.15, 0.2) is 6.61 Å². The molecular weight excluding hydrogens is 492 g/mol. The molecule has 2 amide bonds. The Morgan fingerprint density at radius 3 is 2.35 bits per heavy atom. The molecule has 3 rings (SSSR count). The molecule has 1 aliphatic rings. The number of carbonyl (C=O) groups excluding carboxylic acids is 2. The van der Waals surface area contributed by atoms with Crippen LogP contribution >= 0.6 is 15.9 Å². The summed E-state index contributed by atoms with van der Waals surface area (Å²) in [5.41, 5.74) is 3.33. The van der Waals surface area contributed by atoms with Gasteiger partial charge >= 0.3 is 0 Å². The molecule has 34 heavy (non-hydrogen) atoms. The first-order valence-corrected chi connectivity index (χ1v) is 13.1. The normalized spacial score (nSPS) is 15.1. The molecule has 1 fully saturated rings. The van der Waals surface area contributed by atoms with Crippen LogP contribution in [0, 0.1) is 6.92 Å². The average Bonchev–Trinajstić information content (AvgIpc) is 2.82. The maximum atomic E-state index is 13.3. The summed E-state index contributed by atoms with van der Waals surface area (Å²) in [7, 11) is 0. The molecule has 0 aromatic heterocycles. The van der Waals surface area contributed by atoms with Crippen LogP contribution in [0.5, 0.6) is 5.75 Å². The van der Waals surface area contributed by atoms with Crippen LogP contribution in [-0.2, 0) is 16.1 Å². The van der Waals surface area contributed by atoms with Crippen LogP contribution in [0.25, 0.3) is 0 Å². The summed E-state index contributed by atoms with van der Waals surface area (Å²) in [5.74, 6) is 0.703. The van der Waals surface area contributed by atoms with E-state index in [-0.39, 0.29) is 24.5 Å². The third kappa shape index (κ3) is 7.33. The van der Waals surface area contributed by atoms with E-state index in [0.29, 0.717) is 18.2 Å². The van der Waals surface area contributed by atoms with Crippen LogP contribution in [0.4, 0.5) is 0 Å². The Morgan fingerprint density at radius 2 is 1.74 bits per heavy atom. The molecule has 0 bridgehead atoms. The number of amides is 2. The highest BCUT2D eigenvalue weighted by Gasteiger charge is 2.28. The van der Waals surface area contributed by atoms with Crippen molar-refractivity contribution in [2.75, 3.05) is 6.61 Å². The van der Waals surface area contributed by atoms with Crippen molar-refractivity contribution in [3.63, 3.8) is 0 Å². The van der Waals surface area contributed by atoms with E-state index in [9.17, 15) is 9.59 Å². The number of nitrogens with zero attached hydrogens (tertiary/aromatic N) is 1. The van der Waals surface area contributed by atoms with Gasteiger partial charge in [0.1, 0.15) is 11.8 Å². The highest BCUT2D eigenvalue weighted by molar-refractivity contribution is 9.10. The lowest BCUT2D eigenvalue weighted by atomic mass is 9.95. The van der Waals surface area contributed by atoms with Crippen molar-refractivity contribution < 1.29 is 14.3 Å². The fraction of sp³-hybridized carbons (Fsp3) is 0.500. The molecule has 0 spiro atoms. The van der Waals surface area contributed by atoms with Crippen molar-refractivity contribution in [1.29, 1.82) is 0 Å². The Bertz CT molecular complexity index is 968. The largest absolute Gasteiger partial charge is 0.483 e. The van der Waals surface area contributed by atoms with E-state index in [1.807, 2.05) is 49.4 Å². The molecule has 1 unspecified atom stereocenters. The maximum absolute atomic E-state index is 13.3. The molecule has 2 aromatic rings. The van der Waals surface area contributed by atoms with Gasteiger partial charge in [0.25, 0.3) is 5.91 Å². The zero-order chi connectivity index (χ0) is 24.7. The van der Waals surface area contributed by atoms with Gasteiger partial charge in [-0.1, -0.05) is 69.0 Å². The summed E-state index contributed by atoms with van der Waals surface area (Å²) in [6.07, 6.45) is 5.53. The SMILES string of the molecule is Cc1ccc(CN(C(=O)COc2ccc(C(C)C)cc2Br)C(C)C(=O)NC2CCCCC2)cc1. The second-order valence-electron chi connectivity index (χ2n) is 9.66. The zero-order valence-corrected chi connectivity index (χ0v) is 22.4. The third-order valence-electron chi connectivity index (χ3n) is 6.57. The molecule has 0 radical (unpaired) electrons. The van der Waals surface area contributed by atoms with Crippen molar-refractivity contribution >= 4 is 27.7 Å². The summed E-state index contributed by atoms with van der Waals surface area (Å²) in [6, 6.07) is 13.6. The standard InChI is InChI=1S/C28H37BrN2O3/c1-19(2)23-14-15-26(25(29)16-23)34-18-27(32)31(17-22-12-10-20(3)11-13-22)21(4)28(33)30-24-8-6-5-7-9-24/h10-16,19,21,24H,5-9,17-18H2,1-4H3,(H,30,33). The van der Waals surface area contributed by atoms with Crippen molar-refractivity contribution in [1.82, 2.24) is 10.2 Å². The number of rotatable bonds is 9. The first-order valence-electron chi connectivity index (χ1n) is 12.3. The molecule has 0 saturated heterocycles. The summed E-state index contributed by atoms with van der Waals surface area (Å²) in [5, 5.41) is 3.17. The molecule has 2 aromatic carbocycles. The van der Waals surface area contributed by atoms with E-state index < -0.39 is 6.04 Å². The lowest BCUT2D eigenvalue weighted by Crippen LogP contribution is -2.51. The number of hydrogen-bond acceptors (Lipinski definition) is 3. The van der Waals surface area contributed by atoms with Crippen LogP contribution in [0.3, 0.4) is 0 Å². The van der Waals surface area contributed by atoms with Crippen LogP contribution in [0.2, 0.25) is 0 Å². The maximum Gasteiger partial charge on any atom is 0.261 e. The number of benzene rings is 2. The van der Waals surface area contributed by atoms with Gasteiger partial charge in [-0.15, -0.1) is 0 Å². The van der Waals surface area contributed by atoms with Gasteiger partial charge in [0.05, 0.1) is 4.47 Å². The van der Waals surface area contributed by atoms with Crippen molar-refractivity contribution in [2.45, 2.75) is 84.3 Å². The highest BCUT2D eigenvalue weighted by atomic mass is 79.9. The summed E-state index contributed by atoms with van der Waals surface area (Å²) < 4.78 is 6.70. The van der Waals surface area contributed by atoms with Crippen molar-refractivity contribution in [3.05, 3.63) is 63.6 Å². The molecule has 184 valence electrons. The fourth-order valence-corrected chi connectivity index (χ4v) is 4.77. The number of carbonyl (C=O) groups is 2. The van der Waals surface area contributed by atoms with E-state index in [1.54, 1.807) is 11.8 Å². The Morgan fingerprint density at radius 1 is 1.06 bits per heavy atom. The molecule has 0 heterocycles. The summed E-state index contributed by atoms with van der Waals surface area (Å²) in [6.45, 7) is 8.32. The third-order valence-corrected chi connectivity index (χ3v) is 7.19. The number of hydrogen-bond donors (Lipinski definition) is 1. The van der Waals surface area contributed by atoms with E-state index in [0.717, 1.165) is 41.3 Å². The van der Waals surface area contributed by atoms with Gasteiger partial charge in [0, 0.05) is 12.6 Å². The number of halogens is 1. The topological polar surface area (TPSA) is 58.6 Å². The van der Waals surface area contributed by atoms with Gasteiger partial charge < -0.3 is 15.0 Å². The Labute approximate surface area is 212 Å². The van der Waals surface area contributed by atoms with Gasteiger partial charge in [-0.3, -0.25) is 9.59 Å². The van der Waals surface area contributed by atoms with Crippen molar-refractivity contribution in [3.8, 4) is 5.75 Å². The van der Waals surface area contributed by atoms with Crippen LogP contribution in [0.15, 0.2) is 46.9 Å². The van der Waals surface area contributed by atoms with E-state index >= 15 is 0 Å². The number of nitrogens with one attached hydrogen (secondary N) is 1. The minimum absolute atomic E-state index is 0.102. The molecular formula is C28H37BrN2O3. The van der Waals surface area contributed by atoms with E-state index in [2.05, 4.69) is 35.1 Å². The molecule has 1 aliphatic carbocycles. The predicted octanol–water partition coefficient (Wildman–Crippen LogP) is 6.13. The molecule has 6 heteroatoms. The molecule has 1 saturated carbocycles. The monoisotopic (exact) mass is 528 g/mol. The second-order valence-corrected chi connectivity index (χ2v) is 10.5. The van der Waals surface area contributed by atoms with Crippen LogP contribution < -0.4 is 10.1 Å². The van der Waals surface area contributed by atoms with Gasteiger partial charge in [-0.25, -0.2) is 0 Å². The zero-order valence-electron chi connectivity index (χ0n) is 20.8. The lowest BCUT2D eigenvalue weighted by Gasteiger charge is -2.31. The Hall–Kier alpha value is -2.34. The number of ether oxygens (including phenoxy) is 1. The first-order chi connectivity index (χ1) is 16.2. The van der Waals surface area contributed by atoms with E-state index in [1.165, 1.54) is 12.0 Å². The van der Waals surface area contributed by atoms with Gasteiger partial charge in [-0.2, -0.15) is 0 Å². The summed E-state index contributed by atoms with van der Waals surface area (Å²) in [4.78, 5) is 28.0. The van der Waals surface area contributed by atoms with Gasteiger partial charge in [-0.05, 0) is 71.8 Å². The minimum atomic E-state index is -0.592. The second kappa shape index (κ2) is 12.4. The molecule has 1 atom stereocenters. The summed E-state index contributed by atoms with van der Waals surface area (Å²) >= 11 is 3.56. The number of aryl methyl sites for hydroxylation is 1. The van der Waals surface area contributed by atoms with Crippen molar-refractivity contribution in [2.24, 2.45) is 0 Å². The van der Waals surface area contributed by atoms with E-state index in [4.69, 9.17) is 4.74 Å². The smallest absolute Gasteiger partial charge is 0.261 e. The highest BCUT2D eigenvalue weighted by Crippen LogP contribution is 2.29. The van der Waals surface area contributed by atoms with Crippen LogP contribution in [-0.4, -0.2) is 35.4 Å². The Balaban J connectivity index is 1.71. The van der Waals surface area contributed by atoms with Crippen LogP contribution in [0.1, 0.15) is 75.5 Å². The molecule has 5 nitrogen and oxygen atoms in total. The minimum Gasteiger partial charge on any atom is -0.483 e. The first kappa shape index (κ1) is 26.3. The predicted molar refractivity (Wildman–Crippen MR) is 140 cm³/mol. The fourth-order valence-electron chi connectivity index (χ4n) is 4.26. The average molecular weight is 530 g/mol. The molecule has 0 aliphatic heterocycles. The molecule has 1 N–H and O–H groups in total. The lowest BCUT2D eigenvalue weighted by molar-refractivity contribution is -0.142. The Kier molecular flexibility index (Phi) is 9.57.